The Kier molecular flexibility index (Phi) is 5.79. The maximum atomic E-state index is 13.9. The number of halogens is 1. The van der Waals surface area contributed by atoms with Crippen molar-refractivity contribution in [2.75, 3.05) is 19.7 Å². The van der Waals surface area contributed by atoms with Gasteiger partial charge in [-0.1, -0.05) is 0 Å². The Morgan fingerprint density at radius 3 is 2.70 bits per heavy atom. The molecular weight excluding hydrogens is 413 g/mol. The van der Waals surface area contributed by atoms with Crippen LogP contribution in [0.5, 0.6) is 5.75 Å². The van der Waals surface area contributed by atoms with Crippen LogP contribution in [0.2, 0.25) is 0 Å². The Labute approximate surface area is 173 Å². The van der Waals surface area contributed by atoms with Gasteiger partial charge in [0.1, 0.15) is 23.3 Å². The molecule has 0 saturated carbocycles. The highest BCUT2D eigenvalue weighted by Gasteiger charge is 2.51. The Morgan fingerprint density at radius 1 is 1.40 bits per heavy atom. The Morgan fingerprint density at radius 2 is 2.13 bits per heavy atom. The first-order valence-electron chi connectivity index (χ1n) is 8.82. The average Bonchev–Trinajstić information content (AvgIpc) is 3.05. The molecule has 0 bridgehead atoms. The first-order chi connectivity index (χ1) is 14.1. The van der Waals surface area contributed by atoms with Gasteiger partial charge in [-0.2, -0.15) is 9.57 Å². The molecule has 0 spiro atoms. The highest BCUT2D eigenvalue weighted by Crippen LogP contribution is 2.33. The number of nitrogens with zero attached hydrogens (tertiary/aromatic N) is 3. The second-order valence-electron chi connectivity index (χ2n) is 6.98. The van der Waals surface area contributed by atoms with E-state index in [0.717, 1.165) is 10.4 Å². The minimum atomic E-state index is -4.06. The van der Waals surface area contributed by atoms with Crippen LogP contribution in [0.25, 0.3) is 4.85 Å². The molecular formula is C20H18FN3O5S. The normalized spacial score (nSPS) is 21.7. The van der Waals surface area contributed by atoms with E-state index in [1.165, 1.54) is 30.3 Å². The molecule has 0 aromatic heterocycles. The Balaban J connectivity index is 1.90. The lowest BCUT2D eigenvalue weighted by atomic mass is 10.0. The van der Waals surface area contributed by atoms with Gasteiger partial charge in [0.2, 0.25) is 15.7 Å². The zero-order chi connectivity index (χ0) is 22.1. The molecule has 2 atom stereocenters. The number of aliphatic hydroxyl groups is 2. The third-order valence-electron chi connectivity index (χ3n) is 4.93. The highest BCUT2D eigenvalue weighted by atomic mass is 32.2. The van der Waals surface area contributed by atoms with Gasteiger partial charge in [0.25, 0.3) is 0 Å². The smallest absolute Gasteiger partial charge is 0.243 e. The largest absolute Gasteiger partial charge is 0.486 e. The molecule has 2 aromatic carbocycles. The summed E-state index contributed by atoms with van der Waals surface area (Å²) in [5.41, 5.74) is -1.44. The lowest BCUT2D eigenvalue weighted by Gasteiger charge is -2.27. The van der Waals surface area contributed by atoms with E-state index in [0.29, 0.717) is 11.1 Å². The third-order valence-corrected chi connectivity index (χ3v) is 6.90. The van der Waals surface area contributed by atoms with Crippen LogP contribution in [-0.4, -0.2) is 54.3 Å². The number of ether oxygens (including phenoxy) is 1. The Bertz CT molecular complexity index is 1170. The lowest BCUT2D eigenvalue weighted by Crippen LogP contribution is -2.48. The summed E-state index contributed by atoms with van der Waals surface area (Å²) < 4.78 is 46.6. The minimum absolute atomic E-state index is 0.00873. The van der Waals surface area contributed by atoms with Gasteiger partial charge in [-0.3, -0.25) is 0 Å². The van der Waals surface area contributed by atoms with Gasteiger partial charge in [-0.25, -0.2) is 17.7 Å². The summed E-state index contributed by atoms with van der Waals surface area (Å²) in [6, 6.07) is 9.57. The van der Waals surface area contributed by atoms with E-state index >= 15 is 0 Å². The van der Waals surface area contributed by atoms with Gasteiger partial charge in [0.05, 0.1) is 36.3 Å². The fourth-order valence-corrected chi connectivity index (χ4v) is 4.98. The second kappa shape index (κ2) is 8.01. The van der Waals surface area contributed by atoms with Crippen molar-refractivity contribution >= 4 is 15.7 Å². The van der Waals surface area contributed by atoms with Crippen LogP contribution in [0.1, 0.15) is 11.1 Å². The van der Waals surface area contributed by atoms with E-state index in [-0.39, 0.29) is 22.9 Å². The highest BCUT2D eigenvalue weighted by molar-refractivity contribution is 7.89. The van der Waals surface area contributed by atoms with E-state index in [1.807, 2.05) is 6.07 Å². The zero-order valence-corrected chi connectivity index (χ0v) is 16.7. The van der Waals surface area contributed by atoms with Crippen LogP contribution >= 0.6 is 0 Å². The number of hydrogen-bond donors (Lipinski definition) is 2. The van der Waals surface area contributed by atoms with Crippen LogP contribution in [0, 0.1) is 30.6 Å². The van der Waals surface area contributed by atoms with Crippen molar-refractivity contribution in [3.63, 3.8) is 0 Å². The number of aliphatic hydroxyl groups excluding tert-OH is 1. The first-order valence-corrected chi connectivity index (χ1v) is 10.3. The van der Waals surface area contributed by atoms with Gasteiger partial charge in [-0.05, 0) is 42.8 Å². The summed E-state index contributed by atoms with van der Waals surface area (Å²) >= 11 is 0. The Hall–Kier alpha value is -3.02. The number of nitriles is 1. The van der Waals surface area contributed by atoms with Crippen molar-refractivity contribution in [3.05, 3.63) is 64.8 Å². The number of aryl methyl sites for hydroxylation is 1. The molecule has 156 valence electrons. The predicted octanol–water partition coefficient (Wildman–Crippen LogP) is 1.73. The number of β-amino-alcohol motifs (C(OH)–C–C–N with tert-alkyl or cyclic N) is 1. The van der Waals surface area contributed by atoms with Crippen molar-refractivity contribution in [2.24, 2.45) is 0 Å². The standard InChI is InChI=1S/C20H18FN3O5S/c1-13-7-14(9-22)3-6-18(13)30(27,28)24-10-19(20(26,11-24)12-25)29-15-4-5-17(23-2)16(21)8-15/h3-8,19,25-26H,10-12H2,1H3/t19-,20+/m0/s1. The SMILES string of the molecule is [C-]#[N+]c1ccc(O[C@H]2CN(S(=O)(=O)c3ccc(C#N)cc3C)C[C@@]2(O)CO)cc1F. The molecule has 1 aliphatic heterocycles. The summed E-state index contributed by atoms with van der Waals surface area (Å²) in [6.45, 7) is 6.93. The van der Waals surface area contributed by atoms with Crippen molar-refractivity contribution in [1.82, 2.24) is 4.31 Å². The molecule has 0 amide bonds. The van der Waals surface area contributed by atoms with Crippen molar-refractivity contribution < 1.29 is 27.8 Å². The molecule has 0 unspecified atom stereocenters. The number of hydrogen-bond acceptors (Lipinski definition) is 6. The minimum Gasteiger partial charge on any atom is -0.486 e. The topological polar surface area (TPSA) is 115 Å². The molecule has 8 nitrogen and oxygen atoms in total. The molecule has 30 heavy (non-hydrogen) atoms. The molecule has 1 saturated heterocycles. The van der Waals surface area contributed by atoms with E-state index in [1.54, 1.807) is 6.92 Å². The van der Waals surface area contributed by atoms with E-state index in [4.69, 9.17) is 16.6 Å². The van der Waals surface area contributed by atoms with Gasteiger partial charge in [-0.15, -0.1) is 0 Å². The van der Waals surface area contributed by atoms with Gasteiger partial charge in [0.15, 0.2) is 0 Å². The van der Waals surface area contributed by atoms with Crippen LogP contribution < -0.4 is 4.74 Å². The summed E-state index contributed by atoms with van der Waals surface area (Å²) in [7, 11) is -4.06. The maximum Gasteiger partial charge on any atom is 0.243 e. The predicted molar refractivity (Wildman–Crippen MR) is 104 cm³/mol. The first kappa shape index (κ1) is 21.7. The second-order valence-corrected chi connectivity index (χ2v) is 8.89. The summed E-state index contributed by atoms with van der Waals surface area (Å²) in [5, 5.41) is 29.4. The number of rotatable bonds is 5. The monoisotopic (exact) mass is 431 g/mol. The fraction of sp³-hybridized carbons (Fsp3) is 0.300. The molecule has 1 aliphatic rings. The van der Waals surface area contributed by atoms with Gasteiger partial charge in [0, 0.05) is 12.6 Å². The summed E-state index contributed by atoms with van der Waals surface area (Å²) in [6.07, 6.45) is -1.17. The molecule has 10 heteroatoms. The molecule has 0 aliphatic carbocycles. The zero-order valence-electron chi connectivity index (χ0n) is 15.9. The molecule has 1 fully saturated rings. The molecule has 2 N–H and O–H groups in total. The summed E-state index contributed by atoms with van der Waals surface area (Å²) in [5.74, 6) is -0.823. The van der Waals surface area contributed by atoms with Crippen LogP contribution in [-0.2, 0) is 10.0 Å². The lowest BCUT2D eigenvalue weighted by molar-refractivity contribution is -0.0641. The van der Waals surface area contributed by atoms with Crippen molar-refractivity contribution in [3.8, 4) is 11.8 Å². The van der Waals surface area contributed by atoms with E-state index in [9.17, 15) is 23.0 Å². The number of benzene rings is 2. The molecule has 2 aromatic rings. The van der Waals surface area contributed by atoms with Crippen LogP contribution in [0.15, 0.2) is 41.3 Å². The van der Waals surface area contributed by atoms with E-state index < -0.39 is 40.7 Å². The van der Waals surface area contributed by atoms with Crippen molar-refractivity contribution in [2.45, 2.75) is 23.5 Å². The third kappa shape index (κ3) is 3.86. The molecule has 3 rings (SSSR count). The van der Waals surface area contributed by atoms with Crippen LogP contribution in [0.4, 0.5) is 10.1 Å². The maximum absolute atomic E-state index is 13.9. The number of sulfonamides is 1. The summed E-state index contributed by atoms with van der Waals surface area (Å²) in [4.78, 5) is 2.98. The quantitative estimate of drug-likeness (QED) is 0.697. The van der Waals surface area contributed by atoms with E-state index in [2.05, 4.69) is 4.85 Å². The fourth-order valence-electron chi connectivity index (χ4n) is 3.27. The molecule has 0 radical (unpaired) electrons. The van der Waals surface area contributed by atoms with Crippen molar-refractivity contribution in [1.29, 1.82) is 5.26 Å². The van der Waals surface area contributed by atoms with Gasteiger partial charge >= 0.3 is 0 Å². The average molecular weight is 431 g/mol. The molecule has 1 heterocycles. The van der Waals surface area contributed by atoms with Gasteiger partial charge < -0.3 is 14.9 Å². The van der Waals surface area contributed by atoms with Crippen LogP contribution in [0.3, 0.4) is 0 Å².